The number of amides is 1. The van der Waals surface area contributed by atoms with Crippen LogP contribution in [0.5, 0.6) is 0 Å². The number of aromatic nitrogens is 3. The number of ether oxygens (including phenoxy) is 1. The Morgan fingerprint density at radius 2 is 1.83 bits per heavy atom. The Morgan fingerprint density at radius 1 is 1.14 bits per heavy atom. The zero-order valence-electron chi connectivity index (χ0n) is 16.9. The molecule has 0 bridgehead atoms. The van der Waals surface area contributed by atoms with Crippen LogP contribution < -0.4 is 11.2 Å². The summed E-state index contributed by atoms with van der Waals surface area (Å²) in [5.41, 5.74) is -0.142. The molecule has 154 valence electrons. The number of aryl methyl sites for hydroxylation is 1. The average molecular weight is 400 g/mol. The predicted molar refractivity (Wildman–Crippen MR) is 106 cm³/mol. The van der Waals surface area contributed by atoms with Crippen LogP contribution in [-0.4, -0.2) is 49.8 Å². The van der Waals surface area contributed by atoms with Gasteiger partial charge in [-0.05, 0) is 32.0 Å². The van der Waals surface area contributed by atoms with E-state index in [-0.39, 0.29) is 24.7 Å². The molecule has 0 aliphatic carbocycles. The van der Waals surface area contributed by atoms with E-state index in [1.165, 1.54) is 11.6 Å². The second kappa shape index (κ2) is 7.07. The van der Waals surface area contributed by atoms with E-state index in [4.69, 9.17) is 9.15 Å². The summed E-state index contributed by atoms with van der Waals surface area (Å²) in [5.74, 6) is 0.414. The van der Waals surface area contributed by atoms with Gasteiger partial charge < -0.3 is 18.6 Å². The van der Waals surface area contributed by atoms with Crippen LogP contribution in [0.25, 0.3) is 11.0 Å². The number of carbonyl (C=O) groups is 1. The van der Waals surface area contributed by atoms with Crippen molar-refractivity contribution in [2.45, 2.75) is 32.6 Å². The first-order chi connectivity index (χ1) is 13.8. The number of morpholine rings is 1. The number of furan rings is 1. The van der Waals surface area contributed by atoms with Crippen molar-refractivity contribution in [2.75, 3.05) is 13.1 Å². The zero-order valence-corrected chi connectivity index (χ0v) is 16.9. The zero-order chi connectivity index (χ0) is 20.9. The van der Waals surface area contributed by atoms with Gasteiger partial charge in [0.05, 0.1) is 30.4 Å². The average Bonchev–Trinajstić information content (AvgIpc) is 3.32. The number of rotatable bonds is 3. The monoisotopic (exact) mass is 400 g/mol. The Balaban J connectivity index is 1.92. The van der Waals surface area contributed by atoms with Crippen LogP contribution in [0.4, 0.5) is 0 Å². The minimum absolute atomic E-state index is 0.0807. The molecule has 4 rings (SSSR count). The quantitative estimate of drug-likeness (QED) is 0.652. The fourth-order valence-electron chi connectivity index (χ4n) is 4.04. The van der Waals surface area contributed by atoms with Crippen LogP contribution in [0, 0.1) is 0 Å². The standard InChI is InChI=1S/C20H24N4O5/c1-12-9-23(10-13(2)29-12)19(26)16-8-15-17(21(3)20(27)22(4)18(15)25)24(16)11-14-6-5-7-28-14/h5-8,12-13H,9-11H2,1-4H3/t12-,13-/m0/s1. The van der Waals surface area contributed by atoms with Crippen LogP contribution >= 0.6 is 0 Å². The van der Waals surface area contributed by atoms with E-state index >= 15 is 0 Å². The van der Waals surface area contributed by atoms with Gasteiger partial charge in [0.1, 0.15) is 17.1 Å². The SMILES string of the molecule is C[C@H]1CN(C(=O)c2cc3c(=O)n(C)c(=O)n(C)c3n2Cc2ccco2)C[C@H](C)O1. The molecule has 9 nitrogen and oxygen atoms in total. The molecule has 1 fully saturated rings. The van der Waals surface area contributed by atoms with Crippen molar-refractivity contribution < 1.29 is 13.9 Å². The van der Waals surface area contributed by atoms with E-state index < -0.39 is 11.2 Å². The molecule has 9 heteroatoms. The van der Waals surface area contributed by atoms with Crippen LogP contribution in [0.2, 0.25) is 0 Å². The van der Waals surface area contributed by atoms with E-state index in [1.54, 1.807) is 41.0 Å². The molecule has 0 radical (unpaired) electrons. The van der Waals surface area contributed by atoms with Gasteiger partial charge in [-0.25, -0.2) is 4.79 Å². The van der Waals surface area contributed by atoms with Crippen molar-refractivity contribution in [2.24, 2.45) is 14.1 Å². The van der Waals surface area contributed by atoms with Gasteiger partial charge in [0.25, 0.3) is 11.5 Å². The van der Waals surface area contributed by atoms with Crippen LogP contribution in [0.3, 0.4) is 0 Å². The molecule has 1 amide bonds. The molecule has 1 aliphatic heterocycles. The molecule has 1 aliphatic rings. The third-order valence-electron chi connectivity index (χ3n) is 5.32. The van der Waals surface area contributed by atoms with E-state index in [9.17, 15) is 14.4 Å². The van der Waals surface area contributed by atoms with Gasteiger partial charge in [0, 0.05) is 27.2 Å². The summed E-state index contributed by atoms with van der Waals surface area (Å²) in [7, 11) is 3.02. The highest BCUT2D eigenvalue weighted by atomic mass is 16.5. The van der Waals surface area contributed by atoms with Crippen molar-refractivity contribution in [3.8, 4) is 0 Å². The summed E-state index contributed by atoms with van der Waals surface area (Å²) in [6.45, 7) is 5.00. The van der Waals surface area contributed by atoms with Crippen LogP contribution in [0.15, 0.2) is 38.5 Å². The number of carbonyl (C=O) groups excluding carboxylic acids is 1. The van der Waals surface area contributed by atoms with Gasteiger partial charge in [-0.1, -0.05) is 0 Å². The molecule has 0 saturated carbocycles. The van der Waals surface area contributed by atoms with Gasteiger partial charge in [-0.3, -0.25) is 18.7 Å². The summed E-state index contributed by atoms with van der Waals surface area (Å²) in [6, 6.07) is 5.12. The van der Waals surface area contributed by atoms with E-state index in [2.05, 4.69) is 0 Å². The normalized spacial score (nSPS) is 19.8. The Bertz CT molecular complexity index is 1170. The Hall–Kier alpha value is -3.07. The summed E-state index contributed by atoms with van der Waals surface area (Å²) in [5, 5.41) is 0.318. The molecule has 2 atom stereocenters. The Morgan fingerprint density at radius 3 is 2.45 bits per heavy atom. The van der Waals surface area contributed by atoms with E-state index in [1.807, 2.05) is 13.8 Å². The van der Waals surface area contributed by atoms with Gasteiger partial charge >= 0.3 is 5.69 Å². The smallest absolute Gasteiger partial charge is 0.332 e. The second-order valence-corrected chi connectivity index (χ2v) is 7.61. The van der Waals surface area contributed by atoms with Gasteiger partial charge in [-0.2, -0.15) is 0 Å². The first-order valence-corrected chi connectivity index (χ1v) is 9.54. The van der Waals surface area contributed by atoms with E-state index in [0.717, 1.165) is 4.57 Å². The fourth-order valence-corrected chi connectivity index (χ4v) is 4.04. The molecule has 0 N–H and O–H groups in total. The molecule has 4 heterocycles. The van der Waals surface area contributed by atoms with E-state index in [0.29, 0.717) is 35.6 Å². The Labute approximate surface area is 166 Å². The molecule has 29 heavy (non-hydrogen) atoms. The minimum atomic E-state index is -0.450. The lowest BCUT2D eigenvalue weighted by molar-refractivity contribution is -0.0588. The molecule has 1 saturated heterocycles. The molecular formula is C20H24N4O5. The number of hydrogen-bond acceptors (Lipinski definition) is 5. The second-order valence-electron chi connectivity index (χ2n) is 7.61. The summed E-state index contributed by atoms with van der Waals surface area (Å²) >= 11 is 0. The van der Waals surface area contributed by atoms with Crippen molar-refractivity contribution in [3.05, 3.63) is 56.8 Å². The first kappa shape index (κ1) is 19.3. The predicted octanol–water partition coefficient (Wildman–Crippen LogP) is 0.929. The maximum Gasteiger partial charge on any atom is 0.332 e. The lowest BCUT2D eigenvalue weighted by atomic mass is 10.2. The van der Waals surface area contributed by atoms with Crippen molar-refractivity contribution in [1.82, 2.24) is 18.6 Å². The van der Waals surface area contributed by atoms with Gasteiger partial charge in [0.15, 0.2) is 0 Å². The summed E-state index contributed by atoms with van der Waals surface area (Å²) < 4.78 is 15.3. The highest BCUT2D eigenvalue weighted by molar-refractivity contribution is 5.98. The summed E-state index contributed by atoms with van der Waals surface area (Å²) in [6.07, 6.45) is 1.39. The van der Waals surface area contributed by atoms with Gasteiger partial charge in [-0.15, -0.1) is 0 Å². The highest BCUT2D eigenvalue weighted by Gasteiger charge is 2.30. The van der Waals surface area contributed by atoms with Crippen LogP contribution in [-0.2, 0) is 25.4 Å². The van der Waals surface area contributed by atoms with Crippen LogP contribution in [0.1, 0.15) is 30.1 Å². The van der Waals surface area contributed by atoms with Gasteiger partial charge in [0.2, 0.25) is 0 Å². The number of hydrogen-bond donors (Lipinski definition) is 0. The fraction of sp³-hybridized carbons (Fsp3) is 0.450. The lowest BCUT2D eigenvalue weighted by Crippen LogP contribution is -2.48. The number of nitrogens with zero attached hydrogens (tertiary/aromatic N) is 4. The minimum Gasteiger partial charge on any atom is -0.467 e. The molecule has 0 unspecified atom stereocenters. The van der Waals surface area contributed by atoms with Crippen molar-refractivity contribution >= 4 is 16.9 Å². The largest absolute Gasteiger partial charge is 0.467 e. The third-order valence-corrected chi connectivity index (χ3v) is 5.32. The first-order valence-electron chi connectivity index (χ1n) is 9.54. The molecule has 3 aromatic heterocycles. The molecule has 3 aromatic rings. The third kappa shape index (κ3) is 3.21. The summed E-state index contributed by atoms with van der Waals surface area (Å²) in [4.78, 5) is 40.4. The maximum absolute atomic E-state index is 13.4. The van der Waals surface area contributed by atoms with Crippen molar-refractivity contribution in [1.29, 1.82) is 0 Å². The number of fused-ring (bicyclic) bond motifs is 1. The van der Waals surface area contributed by atoms with Crippen molar-refractivity contribution in [3.63, 3.8) is 0 Å². The lowest BCUT2D eigenvalue weighted by Gasteiger charge is -2.35. The molecular weight excluding hydrogens is 376 g/mol. The molecule has 0 aromatic carbocycles. The maximum atomic E-state index is 13.4. The molecule has 0 spiro atoms. The topological polar surface area (TPSA) is 91.6 Å². The highest BCUT2D eigenvalue weighted by Crippen LogP contribution is 2.21. The Kier molecular flexibility index (Phi) is 4.70.